The molecule has 0 radical (unpaired) electrons. The Kier molecular flexibility index (Phi) is 5.59. The van der Waals surface area contributed by atoms with Crippen molar-refractivity contribution >= 4 is 16.0 Å². The molecule has 2 aliphatic heterocycles. The summed E-state index contributed by atoms with van der Waals surface area (Å²) in [6, 6.07) is 0.0846. The maximum absolute atomic E-state index is 12.5. The number of nitrogens with zero attached hydrogens (tertiary/aromatic N) is 2. The minimum Gasteiger partial charge on any atom is -0.387 e. The van der Waals surface area contributed by atoms with Crippen LogP contribution in [0.4, 0.5) is 0 Å². The van der Waals surface area contributed by atoms with Crippen molar-refractivity contribution < 1.29 is 8.42 Å². The van der Waals surface area contributed by atoms with Gasteiger partial charge in [0.15, 0.2) is 0 Å². The summed E-state index contributed by atoms with van der Waals surface area (Å²) in [7, 11) is -3.37. The molecule has 2 rings (SSSR count). The molecule has 4 N–H and O–H groups in total. The van der Waals surface area contributed by atoms with E-state index in [1.807, 2.05) is 6.92 Å². The van der Waals surface area contributed by atoms with Crippen LogP contribution in [0.2, 0.25) is 0 Å². The van der Waals surface area contributed by atoms with Gasteiger partial charge in [0, 0.05) is 31.7 Å². The topological polar surface area (TPSA) is 103 Å². The molecule has 2 aliphatic rings. The lowest BCUT2D eigenvalue weighted by Crippen LogP contribution is -2.53. The van der Waals surface area contributed by atoms with E-state index in [2.05, 4.69) is 9.62 Å². The Morgan fingerprint density at radius 3 is 2.48 bits per heavy atom. The third kappa shape index (κ3) is 4.64. The highest BCUT2D eigenvalue weighted by Crippen LogP contribution is 2.20. The highest BCUT2D eigenvalue weighted by molar-refractivity contribution is 7.87. The van der Waals surface area contributed by atoms with E-state index in [0.717, 1.165) is 45.2 Å². The molecule has 7 nitrogen and oxygen atoms in total. The number of piperidine rings is 2. The molecule has 2 heterocycles. The largest absolute Gasteiger partial charge is 0.387 e. The lowest BCUT2D eigenvalue weighted by atomic mass is 10.1. The van der Waals surface area contributed by atoms with Gasteiger partial charge in [0.2, 0.25) is 0 Å². The van der Waals surface area contributed by atoms with Crippen molar-refractivity contribution in [3.63, 3.8) is 0 Å². The molecule has 21 heavy (non-hydrogen) atoms. The molecule has 0 amide bonds. The number of nitrogens with one attached hydrogen (secondary N) is 2. The molecule has 2 fully saturated rings. The highest BCUT2D eigenvalue weighted by Gasteiger charge is 2.32. The SMILES string of the molecule is CC1CCCCN1S(=O)(=O)NC1CCN(CC(=N)N)CC1. The van der Waals surface area contributed by atoms with Crippen LogP contribution in [0, 0.1) is 5.41 Å². The van der Waals surface area contributed by atoms with Crippen LogP contribution in [-0.4, -0.2) is 61.7 Å². The molecule has 0 aromatic carbocycles. The fourth-order valence-electron chi connectivity index (χ4n) is 3.16. The minimum absolute atomic E-state index is 0.00710. The van der Waals surface area contributed by atoms with Gasteiger partial charge in [-0.2, -0.15) is 17.4 Å². The second-order valence-electron chi connectivity index (χ2n) is 6.15. The first-order valence-electron chi connectivity index (χ1n) is 7.73. The van der Waals surface area contributed by atoms with Gasteiger partial charge in [-0.15, -0.1) is 0 Å². The molecule has 1 unspecified atom stereocenters. The van der Waals surface area contributed by atoms with Crippen LogP contribution in [0.5, 0.6) is 0 Å². The average Bonchev–Trinajstić information content (AvgIpc) is 2.40. The number of likely N-dealkylation sites (tertiary alicyclic amines) is 1. The first-order chi connectivity index (χ1) is 9.88. The Hall–Kier alpha value is -0.700. The molecule has 2 saturated heterocycles. The van der Waals surface area contributed by atoms with E-state index in [9.17, 15) is 8.42 Å². The summed E-state index contributed by atoms with van der Waals surface area (Å²) in [5, 5.41) is 7.30. The molecule has 0 saturated carbocycles. The normalized spacial score (nSPS) is 26.8. The summed E-state index contributed by atoms with van der Waals surface area (Å²) in [5.74, 6) is 0.163. The van der Waals surface area contributed by atoms with Crippen molar-refractivity contribution in [2.24, 2.45) is 5.73 Å². The van der Waals surface area contributed by atoms with Crippen LogP contribution >= 0.6 is 0 Å². The van der Waals surface area contributed by atoms with Gasteiger partial charge in [-0.3, -0.25) is 10.3 Å². The number of nitrogens with two attached hydrogens (primary N) is 1. The third-order valence-electron chi connectivity index (χ3n) is 4.35. The van der Waals surface area contributed by atoms with Gasteiger partial charge < -0.3 is 5.73 Å². The lowest BCUT2D eigenvalue weighted by Gasteiger charge is -2.36. The van der Waals surface area contributed by atoms with Crippen molar-refractivity contribution in [3.05, 3.63) is 0 Å². The van der Waals surface area contributed by atoms with Crippen LogP contribution in [0.25, 0.3) is 0 Å². The Bertz CT molecular complexity index is 459. The molecule has 0 aromatic heterocycles. The van der Waals surface area contributed by atoms with Gasteiger partial charge in [0.05, 0.1) is 6.54 Å². The summed E-state index contributed by atoms with van der Waals surface area (Å²) in [6.07, 6.45) is 4.54. The molecule has 122 valence electrons. The molecule has 8 heteroatoms. The van der Waals surface area contributed by atoms with E-state index in [0.29, 0.717) is 13.1 Å². The van der Waals surface area contributed by atoms with Crippen molar-refractivity contribution in [2.45, 2.75) is 51.1 Å². The van der Waals surface area contributed by atoms with E-state index in [-0.39, 0.29) is 17.9 Å². The Morgan fingerprint density at radius 1 is 1.24 bits per heavy atom. The maximum Gasteiger partial charge on any atom is 0.279 e. The molecule has 0 aliphatic carbocycles. The first-order valence-corrected chi connectivity index (χ1v) is 9.17. The van der Waals surface area contributed by atoms with E-state index < -0.39 is 10.2 Å². The van der Waals surface area contributed by atoms with E-state index in [1.165, 1.54) is 0 Å². The van der Waals surface area contributed by atoms with Gasteiger partial charge in [-0.05, 0) is 32.6 Å². The van der Waals surface area contributed by atoms with Crippen molar-refractivity contribution in [3.8, 4) is 0 Å². The lowest BCUT2D eigenvalue weighted by molar-refractivity contribution is 0.224. The quantitative estimate of drug-likeness (QED) is 0.494. The monoisotopic (exact) mass is 317 g/mol. The summed E-state index contributed by atoms with van der Waals surface area (Å²) >= 11 is 0. The van der Waals surface area contributed by atoms with Crippen LogP contribution in [0.3, 0.4) is 0 Å². The minimum atomic E-state index is -3.37. The zero-order chi connectivity index (χ0) is 15.5. The molecule has 0 bridgehead atoms. The highest BCUT2D eigenvalue weighted by atomic mass is 32.2. The zero-order valence-electron chi connectivity index (χ0n) is 12.7. The summed E-state index contributed by atoms with van der Waals surface area (Å²) < 4.78 is 29.4. The van der Waals surface area contributed by atoms with Gasteiger partial charge in [0.1, 0.15) is 5.84 Å². The van der Waals surface area contributed by atoms with Crippen molar-refractivity contribution in [2.75, 3.05) is 26.2 Å². The van der Waals surface area contributed by atoms with Gasteiger partial charge in [-0.25, -0.2) is 0 Å². The predicted molar refractivity (Wildman–Crippen MR) is 83.5 cm³/mol. The maximum atomic E-state index is 12.5. The van der Waals surface area contributed by atoms with Gasteiger partial charge in [0.25, 0.3) is 10.2 Å². The fraction of sp³-hybridized carbons (Fsp3) is 0.923. The van der Waals surface area contributed by atoms with Crippen LogP contribution in [0.1, 0.15) is 39.0 Å². The van der Waals surface area contributed by atoms with Crippen molar-refractivity contribution in [1.29, 1.82) is 5.41 Å². The van der Waals surface area contributed by atoms with Crippen LogP contribution in [-0.2, 0) is 10.2 Å². The van der Waals surface area contributed by atoms with Crippen LogP contribution < -0.4 is 10.5 Å². The van der Waals surface area contributed by atoms with Crippen molar-refractivity contribution in [1.82, 2.24) is 13.9 Å². The van der Waals surface area contributed by atoms with E-state index >= 15 is 0 Å². The number of hydrogen-bond donors (Lipinski definition) is 3. The second-order valence-corrected chi connectivity index (χ2v) is 7.81. The predicted octanol–water partition coefficient (Wildman–Crippen LogP) is 0.0956. The molecular formula is C13H27N5O2S. The molecular weight excluding hydrogens is 290 g/mol. The molecule has 1 atom stereocenters. The van der Waals surface area contributed by atoms with E-state index in [1.54, 1.807) is 4.31 Å². The molecule has 0 spiro atoms. The number of amidine groups is 1. The zero-order valence-corrected chi connectivity index (χ0v) is 13.5. The van der Waals surface area contributed by atoms with E-state index in [4.69, 9.17) is 11.1 Å². The summed E-state index contributed by atoms with van der Waals surface area (Å²) in [6.45, 7) is 4.64. The summed E-state index contributed by atoms with van der Waals surface area (Å²) in [4.78, 5) is 2.09. The summed E-state index contributed by atoms with van der Waals surface area (Å²) in [5.41, 5.74) is 5.40. The average molecular weight is 317 g/mol. The first kappa shape index (κ1) is 16.7. The smallest absolute Gasteiger partial charge is 0.279 e. The fourth-order valence-corrected chi connectivity index (χ4v) is 4.90. The van der Waals surface area contributed by atoms with Crippen LogP contribution in [0.15, 0.2) is 0 Å². The van der Waals surface area contributed by atoms with Gasteiger partial charge in [-0.1, -0.05) is 6.42 Å². The van der Waals surface area contributed by atoms with Gasteiger partial charge >= 0.3 is 0 Å². The Morgan fingerprint density at radius 2 is 1.90 bits per heavy atom. The number of hydrogen-bond acceptors (Lipinski definition) is 4. The Labute approximate surface area is 127 Å². The molecule has 0 aromatic rings. The Balaban J connectivity index is 1.85. The number of rotatable bonds is 5. The second kappa shape index (κ2) is 7.04. The third-order valence-corrected chi connectivity index (χ3v) is 6.14. The standard InChI is InChI=1S/C13H27N5O2S/c1-11-4-2-3-7-18(11)21(19,20)16-12-5-8-17(9-6-12)10-13(14)15/h11-12,16H,2-10H2,1H3,(H3,14,15).